The van der Waals surface area contributed by atoms with E-state index in [1.54, 1.807) is 0 Å². The minimum Gasteiger partial charge on any atom is -0.393 e. The summed E-state index contributed by atoms with van der Waals surface area (Å²) in [6.07, 6.45) is 3.39. The number of ether oxygens (including phenoxy) is 1. The molecule has 0 amide bonds. The first kappa shape index (κ1) is 14.5. The minimum absolute atomic E-state index is 0.255. The van der Waals surface area contributed by atoms with Gasteiger partial charge < -0.3 is 19.6 Å². The highest BCUT2D eigenvalue weighted by atomic mass is 19.1. The Morgan fingerprint density at radius 2 is 1.95 bits per heavy atom. The molecule has 3 heterocycles. The summed E-state index contributed by atoms with van der Waals surface area (Å²) in [5.41, 5.74) is 0. The number of rotatable bonds is 2. The van der Waals surface area contributed by atoms with E-state index in [9.17, 15) is 9.50 Å². The maximum absolute atomic E-state index is 14.0. The molecule has 2 fully saturated rings. The van der Waals surface area contributed by atoms with Gasteiger partial charge in [0.05, 0.1) is 25.5 Å². The molecular weight excluding hydrogens is 275 g/mol. The van der Waals surface area contributed by atoms with E-state index in [2.05, 4.69) is 9.97 Å². The molecule has 0 spiro atoms. The number of anilines is 2. The van der Waals surface area contributed by atoms with Crippen LogP contribution in [0.2, 0.25) is 0 Å². The van der Waals surface area contributed by atoms with Gasteiger partial charge in [0, 0.05) is 26.2 Å². The Morgan fingerprint density at radius 3 is 2.76 bits per heavy atom. The van der Waals surface area contributed by atoms with Crippen LogP contribution in [-0.4, -0.2) is 60.6 Å². The molecule has 0 bridgehead atoms. The van der Waals surface area contributed by atoms with Crippen molar-refractivity contribution in [2.45, 2.75) is 25.4 Å². The van der Waals surface area contributed by atoms with E-state index in [-0.39, 0.29) is 6.10 Å². The van der Waals surface area contributed by atoms with Crippen LogP contribution in [0.4, 0.5) is 16.2 Å². The third-order valence-electron chi connectivity index (χ3n) is 4.00. The van der Waals surface area contributed by atoms with E-state index >= 15 is 0 Å². The van der Waals surface area contributed by atoms with Crippen LogP contribution < -0.4 is 9.80 Å². The van der Waals surface area contributed by atoms with E-state index in [1.165, 1.54) is 6.20 Å². The second-order valence-electron chi connectivity index (χ2n) is 5.51. The van der Waals surface area contributed by atoms with Gasteiger partial charge in [-0.1, -0.05) is 0 Å². The Morgan fingerprint density at radius 1 is 1.14 bits per heavy atom. The van der Waals surface area contributed by atoms with Crippen LogP contribution in [0.3, 0.4) is 0 Å². The highest BCUT2D eigenvalue weighted by Gasteiger charge is 2.21. The first-order valence-corrected chi connectivity index (χ1v) is 7.52. The molecule has 1 aromatic rings. The zero-order valence-corrected chi connectivity index (χ0v) is 12.0. The molecule has 21 heavy (non-hydrogen) atoms. The van der Waals surface area contributed by atoms with E-state index in [4.69, 9.17) is 4.74 Å². The fourth-order valence-electron chi connectivity index (χ4n) is 2.78. The number of aliphatic hydroxyl groups is 1. The highest BCUT2D eigenvalue weighted by molar-refractivity contribution is 5.45. The van der Waals surface area contributed by atoms with Crippen molar-refractivity contribution in [2.24, 2.45) is 0 Å². The van der Waals surface area contributed by atoms with Crippen molar-refractivity contribution in [3.8, 4) is 0 Å². The van der Waals surface area contributed by atoms with Gasteiger partial charge in [0.1, 0.15) is 0 Å². The van der Waals surface area contributed by atoms with Crippen LogP contribution in [0.25, 0.3) is 0 Å². The average Bonchev–Trinajstić information content (AvgIpc) is 2.73. The summed E-state index contributed by atoms with van der Waals surface area (Å²) in [4.78, 5) is 12.5. The molecule has 1 atom stereocenters. The molecule has 0 unspecified atom stereocenters. The van der Waals surface area contributed by atoms with E-state index in [0.717, 1.165) is 19.4 Å². The smallest absolute Gasteiger partial charge is 0.227 e. The van der Waals surface area contributed by atoms with Crippen molar-refractivity contribution in [3.05, 3.63) is 12.0 Å². The molecule has 116 valence electrons. The number of hydrogen-bond donors (Lipinski definition) is 1. The third kappa shape index (κ3) is 3.41. The zero-order chi connectivity index (χ0) is 14.7. The lowest BCUT2D eigenvalue weighted by atomic mass is 10.2. The monoisotopic (exact) mass is 296 g/mol. The second kappa shape index (κ2) is 6.53. The molecule has 2 saturated heterocycles. The van der Waals surface area contributed by atoms with E-state index in [0.29, 0.717) is 51.0 Å². The topological polar surface area (TPSA) is 61.7 Å². The maximum Gasteiger partial charge on any atom is 0.227 e. The predicted molar refractivity (Wildman–Crippen MR) is 77.1 cm³/mol. The molecule has 0 saturated carbocycles. The van der Waals surface area contributed by atoms with Crippen molar-refractivity contribution in [1.82, 2.24) is 9.97 Å². The van der Waals surface area contributed by atoms with E-state index < -0.39 is 5.82 Å². The SMILES string of the molecule is O[C@H]1CCCN(c2ncc(F)c(N3CCOCC3)n2)CC1. The number of aromatic nitrogens is 2. The summed E-state index contributed by atoms with van der Waals surface area (Å²) in [6, 6.07) is 0. The molecule has 0 aliphatic carbocycles. The van der Waals surface area contributed by atoms with E-state index in [1.807, 2.05) is 9.80 Å². The lowest BCUT2D eigenvalue weighted by Gasteiger charge is -2.29. The van der Waals surface area contributed by atoms with Crippen LogP contribution in [0, 0.1) is 5.82 Å². The summed E-state index contributed by atoms with van der Waals surface area (Å²) in [5, 5.41) is 9.71. The van der Waals surface area contributed by atoms with Crippen LogP contribution in [0.5, 0.6) is 0 Å². The van der Waals surface area contributed by atoms with Gasteiger partial charge >= 0.3 is 0 Å². The summed E-state index contributed by atoms with van der Waals surface area (Å²) < 4.78 is 19.3. The average molecular weight is 296 g/mol. The van der Waals surface area contributed by atoms with Gasteiger partial charge in [0.2, 0.25) is 5.95 Å². The lowest BCUT2D eigenvalue weighted by molar-refractivity contribution is 0.122. The molecule has 1 N–H and O–H groups in total. The molecule has 1 aromatic heterocycles. The zero-order valence-electron chi connectivity index (χ0n) is 12.0. The van der Waals surface area contributed by atoms with Crippen LogP contribution in [-0.2, 0) is 4.74 Å². The Bertz CT molecular complexity index is 482. The number of aliphatic hydroxyl groups excluding tert-OH is 1. The van der Waals surface area contributed by atoms with Crippen molar-refractivity contribution in [1.29, 1.82) is 0 Å². The van der Waals surface area contributed by atoms with Gasteiger partial charge in [-0.15, -0.1) is 0 Å². The molecule has 6 nitrogen and oxygen atoms in total. The standard InChI is InChI=1S/C14H21FN4O2/c15-12-10-16-14(19-4-1-2-11(20)3-5-19)17-13(12)18-6-8-21-9-7-18/h10-11,20H,1-9H2/t11-/m0/s1. The number of nitrogens with zero attached hydrogens (tertiary/aromatic N) is 4. The fraction of sp³-hybridized carbons (Fsp3) is 0.714. The molecule has 0 radical (unpaired) electrons. The number of halogens is 1. The van der Waals surface area contributed by atoms with Gasteiger partial charge in [-0.05, 0) is 19.3 Å². The highest BCUT2D eigenvalue weighted by Crippen LogP contribution is 2.22. The Hall–Kier alpha value is -1.47. The second-order valence-corrected chi connectivity index (χ2v) is 5.51. The Balaban J connectivity index is 1.79. The van der Waals surface area contributed by atoms with Gasteiger partial charge in [0.25, 0.3) is 0 Å². The molecule has 2 aliphatic heterocycles. The van der Waals surface area contributed by atoms with Crippen LogP contribution in [0.15, 0.2) is 6.20 Å². The molecule has 0 aromatic carbocycles. The normalized spacial score (nSPS) is 24.0. The summed E-state index contributed by atoms with van der Waals surface area (Å²) in [7, 11) is 0. The Labute approximate surface area is 123 Å². The molecule has 7 heteroatoms. The summed E-state index contributed by atoms with van der Waals surface area (Å²) in [6.45, 7) is 3.97. The van der Waals surface area contributed by atoms with Crippen molar-refractivity contribution in [2.75, 3.05) is 49.2 Å². The third-order valence-corrected chi connectivity index (χ3v) is 4.00. The van der Waals surface area contributed by atoms with Gasteiger partial charge in [0.15, 0.2) is 11.6 Å². The van der Waals surface area contributed by atoms with Gasteiger partial charge in [-0.3, -0.25) is 0 Å². The molecule has 2 aliphatic rings. The first-order valence-electron chi connectivity index (χ1n) is 7.52. The quantitative estimate of drug-likeness (QED) is 0.871. The Kier molecular flexibility index (Phi) is 4.50. The first-order chi connectivity index (χ1) is 10.2. The summed E-state index contributed by atoms with van der Waals surface area (Å²) >= 11 is 0. The van der Waals surface area contributed by atoms with Crippen molar-refractivity contribution >= 4 is 11.8 Å². The predicted octanol–water partition coefficient (Wildman–Crippen LogP) is 0.803. The maximum atomic E-state index is 14.0. The van der Waals surface area contributed by atoms with Gasteiger partial charge in [-0.2, -0.15) is 4.98 Å². The summed E-state index contributed by atoms with van der Waals surface area (Å²) in [5.74, 6) is 0.510. The molecule has 3 rings (SSSR count). The molecular formula is C14H21FN4O2. The number of hydrogen-bond acceptors (Lipinski definition) is 6. The number of morpholine rings is 1. The largest absolute Gasteiger partial charge is 0.393 e. The minimum atomic E-state index is -0.393. The van der Waals surface area contributed by atoms with Crippen molar-refractivity contribution in [3.63, 3.8) is 0 Å². The van der Waals surface area contributed by atoms with Crippen molar-refractivity contribution < 1.29 is 14.2 Å². The van der Waals surface area contributed by atoms with Crippen LogP contribution in [0.1, 0.15) is 19.3 Å². The lowest BCUT2D eigenvalue weighted by Crippen LogP contribution is -2.38. The van der Waals surface area contributed by atoms with Crippen LogP contribution >= 0.6 is 0 Å². The fourth-order valence-corrected chi connectivity index (χ4v) is 2.78. The van der Waals surface area contributed by atoms with Gasteiger partial charge in [-0.25, -0.2) is 9.37 Å².